The van der Waals surface area contributed by atoms with E-state index in [2.05, 4.69) is 48.8 Å². The SMILES string of the molecule is CNC1=CCC(NC)(C2=CC(C)=C(C)C2)C=C1. The summed E-state index contributed by atoms with van der Waals surface area (Å²) in [6.07, 6.45) is 11.2. The summed E-state index contributed by atoms with van der Waals surface area (Å²) in [4.78, 5) is 0. The molecule has 0 saturated carbocycles. The monoisotopic (exact) mass is 230 g/mol. The third-order valence-electron chi connectivity index (χ3n) is 4.02. The summed E-state index contributed by atoms with van der Waals surface area (Å²) in [5.41, 5.74) is 5.62. The van der Waals surface area contributed by atoms with Gasteiger partial charge in [-0.1, -0.05) is 29.4 Å². The summed E-state index contributed by atoms with van der Waals surface area (Å²) in [7, 11) is 4.01. The summed E-state index contributed by atoms with van der Waals surface area (Å²) < 4.78 is 0. The van der Waals surface area contributed by atoms with E-state index in [1.54, 1.807) is 0 Å². The quantitative estimate of drug-likeness (QED) is 0.779. The normalized spacial score (nSPS) is 28.2. The van der Waals surface area contributed by atoms with Crippen LogP contribution in [-0.4, -0.2) is 19.6 Å². The lowest BCUT2D eigenvalue weighted by molar-refractivity contribution is 0.497. The first-order valence-corrected chi connectivity index (χ1v) is 6.25. The molecule has 0 aromatic rings. The van der Waals surface area contributed by atoms with E-state index in [-0.39, 0.29) is 5.54 Å². The molecule has 2 aliphatic rings. The highest BCUT2D eigenvalue weighted by molar-refractivity contribution is 5.47. The molecule has 2 heteroatoms. The molecule has 2 rings (SSSR count). The van der Waals surface area contributed by atoms with Gasteiger partial charge in [-0.15, -0.1) is 0 Å². The van der Waals surface area contributed by atoms with Crippen LogP contribution < -0.4 is 10.6 Å². The highest BCUT2D eigenvalue weighted by Gasteiger charge is 2.32. The van der Waals surface area contributed by atoms with Crippen molar-refractivity contribution in [2.45, 2.75) is 32.2 Å². The van der Waals surface area contributed by atoms with Crippen LogP contribution in [0.25, 0.3) is 0 Å². The largest absolute Gasteiger partial charge is 0.388 e. The van der Waals surface area contributed by atoms with Crippen LogP contribution in [-0.2, 0) is 0 Å². The topological polar surface area (TPSA) is 24.1 Å². The molecule has 0 heterocycles. The molecule has 92 valence electrons. The first-order valence-electron chi connectivity index (χ1n) is 6.25. The van der Waals surface area contributed by atoms with Crippen molar-refractivity contribution >= 4 is 0 Å². The molecule has 0 bridgehead atoms. The Hall–Kier alpha value is -1.28. The van der Waals surface area contributed by atoms with Crippen molar-refractivity contribution in [3.05, 3.63) is 46.7 Å². The molecule has 1 atom stereocenters. The van der Waals surface area contributed by atoms with Crippen molar-refractivity contribution in [3.8, 4) is 0 Å². The van der Waals surface area contributed by atoms with Crippen LogP contribution >= 0.6 is 0 Å². The Balaban J connectivity index is 2.23. The lowest BCUT2D eigenvalue weighted by Gasteiger charge is -2.34. The number of likely N-dealkylation sites (N-methyl/N-ethyl adjacent to an activating group) is 2. The minimum atomic E-state index is 0.0133. The highest BCUT2D eigenvalue weighted by Crippen LogP contribution is 2.36. The Labute approximate surface area is 104 Å². The van der Waals surface area contributed by atoms with Crippen LogP contribution in [0.1, 0.15) is 26.7 Å². The van der Waals surface area contributed by atoms with Gasteiger partial charge >= 0.3 is 0 Å². The van der Waals surface area contributed by atoms with E-state index in [0.29, 0.717) is 0 Å². The van der Waals surface area contributed by atoms with Gasteiger partial charge in [0.15, 0.2) is 0 Å². The van der Waals surface area contributed by atoms with Crippen molar-refractivity contribution in [2.75, 3.05) is 14.1 Å². The highest BCUT2D eigenvalue weighted by atomic mass is 14.9. The number of allylic oxidation sites excluding steroid dienone is 4. The van der Waals surface area contributed by atoms with Crippen LogP contribution in [0.15, 0.2) is 46.7 Å². The molecule has 0 saturated heterocycles. The van der Waals surface area contributed by atoms with Crippen LogP contribution in [0.2, 0.25) is 0 Å². The third kappa shape index (κ3) is 2.09. The fourth-order valence-electron chi connectivity index (χ4n) is 2.56. The maximum Gasteiger partial charge on any atom is 0.0623 e. The van der Waals surface area contributed by atoms with Gasteiger partial charge in [0, 0.05) is 12.7 Å². The molecule has 0 aromatic carbocycles. The average Bonchev–Trinajstić information content (AvgIpc) is 2.70. The van der Waals surface area contributed by atoms with Gasteiger partial charge in [-0.05, 0) is 45.4 Å². The van der Waals surface area contributed by atoms with E-state index in [9.17, 15) is 0 Å². The Bertz CT molecular complexity index is 438. The smallest absolute Gasteiger partial charge is 0.0623 e. The summed E-state index contributed by atoms with van der Waals surface area (Å²) in [6, 6.07) is 0. The fourth-order valence-corrected chi connectivity index (χ4v) is 2.56. The Morgan fingerprint density at radius 1 is 1.24 bits per heavy atom. The summed E-state index contributed by atoms with van der Waals surface area (Å²) in [5.74, 6) is 0. The van der Waals surface area contributed by atoms with Gasteiger partial charge in [0.2, 0.25) is 0 Å². The van der Waals surface area contributed by atoms with Crippen LogP contribution in [0.4, 0.5) is 0 Å². The third-order valence-corrected chi connectivity index (χ3v) is 4.02. The van der Waals surface area contributed by atoms with E-state index < -0.39 is 0 Å². The molecule has 17 heavy (non-hydrogen) atoms. The van der Waals surface area contributed by atoms with Gasteiger partial charge in [-0.2, -0.15) is 0 Å². The number of nitrogens with one attached hydrogen (secondary N) is 2. The first-order chi connectivity index (χ1) is 8.11. The van der Waals surface area contributed by atoms with Crippen LogP contribution in [0.5, 0.6) is 0 Å². The Morgan fingerprint density at radius 3 is 2.41 bits per heavy atom. The maximum atomic E-state index is 3.49. The van der Waals surface area contributed by atoms with E-state index in [1.807, 2.05) is 14.1 Å². The zero-order valence-corrected chi connectivity index (χ0v) is 11.2. The average molecular weight is 230 g/mol. The molecule has 0 fully saturated rings. The molecular weight excluding hydrogens is 208 g/mol. The number of hydrogen-bond acceptors (Lipinski definition) is 2. The van der Waals surface area contributed by atoms with E-state index in [1.165, 1.54) is 22.4 Å². The van der Waals surface area contributed by atoms with E-state index >= 15 is 0 Å². The standard InChI is InChI=1S/C15H22N2/c1-11-9-13(10-12(11)2)15(17-4)7-5-14(16-3)6-8-15/h5-7,9,16-17H,8,10H2,1-4H3. The van der Waals surface area contributed by atoms with Gasteiger partial charge in [0.25, 0.3) is 0 Å². The minimum Gasteiger partial charge on any atom is -0.388 e. The second-order valence-corrected chi connectivity index (χ2v) is 4.98. The molecule has 2 aliphatic carbocycles. The second kappa shape index (κ2) is 4.53. The van der Waals surface area contributed by atoms with Crippen molar-refractivity contribution in [3.63, 3.8) is 0 Å². The molecule has 0 aromatic heterocycles. The van der Waals surface area contributed by atoms with Crippen LogP contribution in [0.3, 0.4) is 0 Å². The summed E-state index contributed by atoms with van der Waals surface area (Å²) in [6.45, 7) is 4.43. The van der Waals surface area contributed by atoms with Gasteiger partial charge < -0.3 is 10.6 Å². The molecule has 0 radical (unpaired) electrons. The lowest BCUT2D eigenvalue weighted by Crippen LogP contribution is -2.43. The van der Waals surface area contributed by atoms with Crippen molar-refractivity contribution in [2.24, 2.45) is 0 Å². The van der Waals surface area contributed by atoms with Crippen LogP contribution in [0, 0.1) is 0 Å². The molecule has 2 nitrogen and oxygen atoms in total. The predicted molar refractivity (Wildman–Crippen MR) is 73.8 cm³/mol. The van der Waals surface area contributed by atoms with E-state index in [0.717, 1.165) is 12.8 Å². The van der Waals surface area contributed by atoms with Gasteiger partial charge in [-0.3, -0.25) is 0 Å². The lowest BCUT2D eigenvalue weighted by atomic mass is 9.81. The van der Waals surface area contributed by atoms with Crippen molar-refractivity contribution in [1.29, 1.82) is 0 Å². The van der Waals surface area contributed by atoms with Gasteiger partial charge in [0.05, 0.1) is 5.54 Å². The first kappa shape index (κ1) is 12.2. The van der Waals surface area contributed by atoms with Crippen molar-refractivity contribution < 1.29 is 0 Å². The molecule has 0 spiro atoms. The molecular formula is C15H22N2. The van der Waals surface area contributed by atoms with E-state index in [4.69, 9.17) is 0 Å². The second-order valence-electron chi connectivity index (χ2n) is 4.98. The zero-order valence-electron chi connectivity index (χ0n) is 11.2. The predicted octanol–water partition coefficient (Wildman–Crippen LogP) is 2.67. The number of hydrogen-bond donors (Lipinski definition) is 2. The summed E-state index contributed by atoms with van der Waals surface area (Å²) >= 11 is 0. The molecule has 0 amide bonds. The molecule has 1 unspecified atom stereocenters. The molecule has 0 aliphatic heterocycles. The van der Waals surface area contributed by atoms with Gasteiger partial charge in [0.1, 0.15) is 0 Å². The zero-order chi connectivity index (χ0) is 12.5. The number of rotatable bonds is 3. The van der Waals surface area contributed by atoms with Gasteiger partial charge in [-0.25, -0.2) is 0 Å². The Morgan fingerprint density at radius 2 is 2.00 bits per heavy atom. The molecule has 2 N–H and O–H groups in total. The van der Waals surface area contributed by atoms with Crippen molar-refractivity contribution in [1.82, 2.24) is 10.6 Å². The minimum absolute atomic E-state index is 0.0133. The Kier molecular flexibility index (Phi) is 3.25. The fraction of sp³-hybridized carbons (Fsp3) is 0.467. The summed E-state index contributed by atoms with van der Waals surface area (Å²) in [5, 5.41) is 6.68. The maximum absolute atomic E-state index is 3.49.